The number of rotatable bonds is 6. The summed E-state index contributed by atoms with van der Waals surface area (Å²) < 4.78 is 26.8. The molecule has 1 rings (SSSR count). The molecule has 17 heavy (non-hydrogen) atoms. The van der Waals surface area contributed by atoms with E-state index in [1.165, 1.54) is 18.2 Å². The van der Waals surface area contributed by atoms with Crippen LogP contribution in [-0.4, -0.2) is 6.04 Å². The van der Waals surface area contributed by atoms with Crippen LogP contribution in [0.4, 0.5) is 8.78 Å². The smallest absolute Gasteiger partial charge is 0.130 e. The zero-order valence-electron chi connectivity index (χ0n) is 10.8. The average Bonchev–Trinajstić information content (AvgIpc) is 2.30. The number of nitrogens with one attached hydrogen (secondary N) is 1. The first-order valence-electron chi connectivity index (χ1n) is 6.26. The van der Waals surface area contributed by atoms with Crippen LogP contribution in [0, 0.1) is 17.6 Å². The zero-order valence-corrected chi connectivity index (χ0v) is 10.8. The van der Waals surface area contributed by atoms with Gasteiger partial charge >= 0.3 is 0 Å². The first-order chi connectivity index (χ1) is 8.10. The fraction of sp³-hybridized carbons (Fsp3) is 0.571. The molecule has 1 unspecified atom stereocenters. The third-order valence-corrected chi connectivity index (χ3v) is 3.42. The summed E-state index contributed by atoms with van der Waals surface area (Å²) in [6.07, 6.45) is 2.15. The molecule has 0 amide bonds. The summed E-state index contributed by atoms with van der Waals surface area (Å²) in [4.78, 5) is 0. The Hall–Kier alpha value is -0.960. The Kier molecular flexibility index (Phi) is 5.56. The Morgan fingerprint density at radius 2 is 1.65 bits per heavy atom. The van der Waals surface area contributed by atoms with Gasteiger partial charge < -0.3 is 5.32 Å². The Labute approximate surface area is 102 Å². The van der Waals surface area contributed by atoms with E-state index < -0.39 is 11.6 Å². The normalized spacial score (nSPS) is 13.1. The lowest BCUT2D eigenvalue weighted by atomic mass is 9.95. The highest BCUT2D eigenvalue weighted by molar-refractivity contribution is 5.19. The van der Waals surface area contributed by atoms with Crippen LogP contribution in [0.5, 0.6) is 0 Å². The molecule has 0 saturated heterocycles. The number of hydrogen-bond donors (Lipinski definition) is 1. The standard InChI is InChI=1S/C14H21F2N/c1-4-11(5-2)10(3)17-9-12-13(15)7-6-8-14(12)16/h6-8,10-11,17H,4-5,9H2,1-3H3. The summed E-state index contributed by atoms with van der Waals surface area (Å²) in [5.41, 5.74) is 0.130. The molecule has 1 aromatic carbocycles. The lowest BCUT2D eigenvalue weighted by Crippen LogP contribution is -2.33. The highest BCUT2D eigenvalue weighted by Gasteiger charge is 2.14. The molecule has 0 radical (unpaired) electrons. The topological polar surface area (TPSA) is 12.0 Å². The van der Waals surface area contributed by atoms with E-state index >= 15 is 0 Å². The summed E-state index contributed by atoms with van der Waals surface area (Å²) in [5, 5.41) is 3.20. The van der Waals surface area contributed by atoms with Gasteiger partial charge in [-0.2, -0.15) is 0 Å². The molecule has 3 heteroatoms. The van der Waals surface area contributed by atoms with Crippen molar-refractivity contribution >= 4 is 0 Å². The van der Waals surface area contributed by atoms with Gasteiger partial charge in [0, 0.05) is 18.2 Å². The third kappa shape index (κ3) is 3.77. The van der Waals surface area contributed by atoms with E-state index in [4.69, 9.17) is 0 Å². The van der Waals surface area contributed by atoms with Crippen LogP contribution in [0.1, 0.15) is 39.2 Å². The minimum absolute atomic E-state index is 0.130. The van der Waals surface area contributed by atoms with Gasteiger partial charge in [-0.25, -0.2) is 8.78 Å². The molecule has 0 saturated carbocycles. The van der Waals surface area contributed by atoms with Gasteiger partial charge in [0.1, 0.15) is 11.6 Å². The summed E-state index contributed by atoms with van der Waals surface area (Å²) in [6, 6.07) is 4.24. The molecule has 1 N–H and O–H groups in total. The number of hydrogen-bond acceptors (Lipinski definition) is 1. The van der Waals surface area contributed by atoms with Gasteiger partial charge in [-0.05, 0) is 25.0 Å². The monoisotopic (exact) mass is 241 g/mol. The summed E-state index contributed by atoms with van der Waals surface area (Å²) in [7, 11) is 0. The second kappa shape index (κ2) is 6.70. The molecule has 0 heterocycles. The lowest BCUT2D eigenvalue weighted by molar-refractivity contribution is 0.349. The van der Waals surface area contributed by atoms with Crippen molar-refractivity contribution in [3.8, 4) is 0 Å². The maximum Gasteiger partial charge on any atom is 0.130 e. The molecule has 1 atom stereocenters. The molecular weight excluding hydrogens is 220 g/mol. The Morgan fingerprint density at radius 1 is 1.12 bits per heavy atom. The second-order valence-corrected chi connectivity index (χ2v) is 4.45. The van der Waals surface area contributed by atoms with Crippen LogP contribution in [0.25, 0.3) is 0 Å². The minimum Gasteiger partial charge on any atom is -0.310 e. The van der Waals surface area contributed by atoms with Gasteiger partial charge in [0.05, 0.1) is 0 Å². The van der Waals surface area contributed by atoms with Gasteiger partial charge in [-0.1, -0.05) is 32.8 Å². The van der Waals surface area contributed by atoms with Crippen LogP contribution in [-0.2, 0) is 6.54 Å². The zero-order chi connectivity index (χ0) is 12.8. The quantitative estimate of drug-likeness (QED) is 0.797. The Bertz CT molecular complexity index is 328. The molecule has 1 aromatic rings. The van der Waals surface area contributed by atoms with Crippen LogP contribution >= 0.6 is 0 Å². The first-order valence-corrected chi connectivity index (χ1v) is 6.26. The van der Waals surface area contributed by atoms with E-state index in [9.17, 15) is 8.78 Å². The van der Waals surface area contributed by atoms with Crippen molar-refractivity contribution in [2.45, 2.75) is 46.2 Å². The van der Waals surface area contributed by atoms with Crippen LogP contribution in [0.15, 0.2) is 18.2 Å². The number of benzene rings is 1. The van der Waals surface area contributed by atoms with Gasteiger partial charge in [0.2, 0.25) is 0 Å². The molecule has 0 aromatic heterocycles. The van der Waals surface area contributed by atoms with E-state index in [0.29, 0.717) is 5.92 Å². The van der Waals surface area contributed by atoms with E-state index in [1.807, 2.05) is 0 Å². The third-order valence-electron chi connectivity index (χ3n) is 3.42. The van der Waals surface area contributed by atoms with Crippen molar-refractivity contribution in [3.63, 3.8) is 0 Å². The molecule has 96 valence electrons. The van der Waals surface area contributed by atoms with Crippen LogP contribution in [0.2, 0.25) is 0 Å². The largest absolute Gasteiger partial charge is 0.310 e. The molecule has 0 aliphatic carbocycles. The molecule has 0 aliphatic heterocycles. The van der Waals surface area contributed by atoms with Gasteiger partial charge in [0.25, 0.3) is 0 Å². The van der Waals surface area contributed by atoms with Crippen molar-refractivity contribution in [2.24, 2.45) is 5.92 Å². The predicted octanol–water partition coefficient (Wildman–Crippen LogP) is 3.88. The molecule has 1 nitrogen and oxygen atoms in total. The summed E-state index contributed by atoms with van der Waals surface area (Å²) >= 11 is 0. The maximum atomic E-state index is 13.4. The van der Waals surface area contributed by atoms with Crippen LogP contribution in [0.3, 0.4) is 0 Å². The summed E-state index contributed by atoms with van der Waals surface area (Å²) in [5.74, 6) is -0.409. The molecular formula is C14H21F2N. The first kappa shape index (κ1) is 14.1. The molecule has 0 bridgehead atoms. The van der Waals surface area contributed by atoms with E-state index in [0.717, 1.165) is 12.8 Å². The summed E-state index contributed by atoms with van der Waals surface area (Å²) in [6.45, 7) is 6.58. The number of halogens is 2. The van der Waals surface area contributed by atoms with E-state index in [-0.39, 0.29) is 18.2 Å². The second-order valence-electron chi connectivity index (χ2n) is 4.45. The van der Waals surface area contributed by atoms with Crippen molar-refractivity contribution in [1.29, 1.82) is 0 Å². The predicted molar refractivity (Wildman–Crippen MR) is 66.7 cm³/mol. The molecule has 0 fully saturated rings. The van der Waals surface area contributed by atoms with Crippen molar-refractivity contribution in [2.75, 3.05) is 0 Å². The van der Waals surface area contributed by atoms with E-state index in [1.54, 1.807) is 0 Å². The van der Waals surface area contributed by atoms with Gasteiger partial charge in [-0.3, -0.25) is 0 Å². The molecule has 0 spiro atoms. The van der Waals surface area contributed by atoms with Crippen molar-refractivity contribution < 1.29 is 8.78 Å². The average molecular weight is 241 g/mol. The fourth-order valence-corrected chi connectivity index (χ4v) is 2.13. The maximum absolute atomic E-state index is 13.4. The SMILES string of the molecule is CCC(CC)C(C)NCc1c(F)cccc1F. The highest BCUT2D eigenvalue weighted by Crippen LogP contribution is 2.15. The fourth-order valence-electron chi connectivity index (χ4n) is 2.13. The molecule has 0 aliphatic rings. The van der Waals surface area contributed by atoms with Gasteiger partial charge in [0.15, 0.2) is 0 Å². The lowest BCUT2D eigenvalue weighted by Gasteiger charge is -2.22. The Morgan fingerprint density at radius 3 is 2.12 bits per heavy atom. The van der Waals surface area contributed by atoms with E-state index in [2.05, 4.69) is 26.1 Å². The highest BCUT2D eigenvalue weighted by atomic mass is 19.1. The van der Waals surface area contributed by atoms with Gasteiger partial charge in [-0.15, -0.1) is 0 Å². The minimum atomic E-state index is -0.478. The Balaban J connectivity index is 2.61. The van der Waals surface area contributed by atoms with Crippen LogP contribution < -0.4 is 5.32 Å². The van der Waals surface area contributed by atoms with Crippen molar-refractivity contribution in [1.82, 2.24) is 5.32 Å². The van der Waals surface area contributed by atoms with Crippen molar-refractivity contribution in [3.05, 3.63) is 35.4 Å².